The Kier molecular flexibility index (Phi) is 6.18. The van der Waals surface area contributed by atoms with Crippen molar-refractivity contribution >= 4 is 23.2 Å². The molecular formula is C17H26N2O3S. The Hall–Kier alpha value is -1.40. The number of hydrogen-bond acceptors (Lipinski definition) is 4. The van der Waals surface area contributed by atoms with Crippen LogP contribution in [0, 0.1) is 0 Å². The van der Waals surface area contributed by atoms with E-state index in [0.29, 0.717) is 13.1 Å². The Morgan fingerprint density at radius 3 is 2.74 bits per heavy atom. The van der Waals surface area contributed by atoms with Gasteiger partial charge in [0.15, 0.2) is 0 Å². The summed E-state index contributed by atoms with van der Waals surface area (Å²) in [7, 11) is 0. The maximum atomic E-state index is 12.4. The Labute approximate surface area is 141 Å². The third kappa shape index (κ3) is 4.78. The normalized spacial score (nSPS) is 15.4. The topological polar surface area (TPSA) is 60.9 Å². The summed E-state index contributed by atoms with van der Waals surface area (Å²) in [4.78, 5) is 29.5. The molecule has 0 aromatic carbocycles. The van der Waals surface area contributed by atoms with E-state index >= 15 is 0 Å². The number of aliphatic hydroxyl groups is 1. The number of carbonyl (C=O) groups is 2. The van der Waals surface area contributed by atoms with Gasteiger partial charge in [-0.15, -0.1) is 11.3 Å². The third-order valence-electron chi connectivity index (χ3n) is 4.12. The standard InChI is InChI=1S/C17H26N2O3S/c1-12(2)19(10-13(3)20)17(22)5-4-16(21)18-8-6-15-14(11-18)7-9-23-15/h7,9,12-13,20H,4-6,8,10-11H2,1-3H3. The summed E-state index contributed by atoms with van der Waals surface area (Å²) in [5, 5.41) is 11.6. The summed E-state index contributed by atoms with van der Waals surface area (Å²) in [6.07, 6.45) is 0.793. The van der Waals surface area contributed by atoms with Crippen molar-refractivity contribution in [3.05, 3.63) is 21.9 Å². The molecule has 0 aliphatic carbocycles. The molecule has 1 aliphatic rings. The fourth-order valence-corrected chi connectivity index (χ4v) is 3.75. The van der Waals surface area contributed by atoms with Crippen LogP contribution in [0.4, 0.5) is 0 Å². The van der Waals surface area contributed by atoms with Crippen LogP contribution in [0.25, 0.3) is 0 Å². The van der Waals surface area contributed by atoms with E-state index < -0.39 is 6.10 Å². The van der Waals surface area contributed by atoms with Crippen LogP contribution in [0.1, 0.15) is 44.1 Å². The first-order valence-electron chi connectivity index (χ1n) is 8.19. The summed E-state index contributed by atoms with van der Waals surface area (Å²) in [5.41, 5.74) is 1.24. The van der Waals surface area contributed by atoms with Crippen molar-refractivity contribution in [1.82, 2.24) is 9.80 Å². The molecule has 1 aromatic rings. The quantitative estimate of drug-likeness (QED) is 0.863. The molecule has 23 heavy (non-hydrogen) atoms. The minimum Gasteiger partial charge on any atom is -0.392 e. The van der Waals surface area contributed by atoms with Crippen molar-refractivity contribution in [2.24, 2.45) is 0 Å². The molecule has 0 bridgehead atoms. The van der Waals surface area contributed by atoms with Gasteiger partial charge >= 0.3 is 0 Å². The van der Waals surface area contributed by atoms with Crippen LogP contribution in [-0.2, 0) is 22.6 Å². The fourth-order valence-electron chi connectivity index (χ4n) is 2.86. The van der Waals surface area contributed by atoms with E-state index in [2.05, 4.69) is 11.4 Å². The van der Waals surface area contributed by atoms with Crippen molar-refractivity contribution in [3.63, 3.8) is 0 Å². The molecule has 2 amide bonds. The lowest BCUT2D eigenvalue weighted by molar-refractivity contribution is -0.139. The largest absolute Gasteiger partial charge is 0.392 e. The Morgan fingerprint density at radius 1 is 1.35 bits per heavy atom. The first kappa shape index (κ1) is 17.9. The first-order valence-corrected chi connectivity index (χ1v) is 9.07. The van der Waals surface area contributed by atoms with Crippen LogP contribution in [-0.4, -0.2) is 52.0 Å². The molecule has 1 aromatic heterocycles. The van der Waals surface area contributed by atoms with Gasteiger partial charge in [-0.2, -0.15) is 0 Å². The number of aliphatic hydroxyl groups excluding tert-OH is 1. The van der Waals surface area contributed by atoms with E-state index in [1.807, 2.05) is 18.7 Å². The van der Waals surface area contributed by atoms with Crippen LogP contribution in [0.5, 0.6) is 0 Å². The Balaban J connectivity index is 1.85. The SMILES string of the molecule is CC(O)CN(C(=O)CCC(=O)N1CCc2sccc2C1)C(C)C. The van der Waals surface area contributed by atoms with Gasteiger partial charge in [-0.3, -0.25) is 9.59 Å². The second-order valence-corrected chi connectivity index (χ2v) is 7.42. The lowest BCUT2D eigenvalue weighted by atomic mass is 10.1. The molecule has 0 saturated heterocycles. The van der Waals surface area contributed by atoms with Gasteiger partial charge in [-0.1, -0.05) is 0 Å². The highest BCUT2D eigenvalue weighted by Crippen LogP contribution is 2.24. The molecule has 1 N–H and O–H groups in total. The van der Waals surface area contributed by atoms with Crippen molar-refractivity contribution in [2.45, 2.75) is 58.7 Å². The van der Waals surface area contributed by atoms with E-state index in [9.17, 15) is 14.7 Å². The smallest absolute Gasteiger partial charge is 0.223 e. The second-order valence-electron chi connectivity index (χ2n) is 6.42. The second kappa shape index (κ2) is 7.93. The lowest BCUT2D eigenvalue weighted by Gasteiger charge is -2.29. The number of fused-ring (bicyclic) bond motifs is 1. The maximum Gasteiger partial charge on any atom is 0.223 e. The molecular weight excluding hydrogens is 312 g/mol. The van der Waals surface area contributed by atoms with Gasteiger partial charge in [0.2, 0.25) is 11.8 Å². The molecule has 5 nitrogen and oxygen atoms in total. The molecule has 0 radical (unpaired) electrons. The monoisotopic (exact) mass is 338 g/mol. The van der Waals surface area contributed by atoms with Gasteiger partial charge in [0.05, 0.1) is 6.10 Å². The van der Waals surface area contributed by atoms with Crippen molar-refractivity contribution < 1.29 is 14.7 Å². The van der Waals surface area contributed by atoms with Crippen LogP contribution < -0.4 is 0 Å². The minimum absolute atomic E-state index is 0.0237. The number of hydrogen-bond donors (Lipinski definition) is 1. The molecule has 6 heteroatoms. The molecule has 1 atom stereocenters. The number of rotatable bonds is 6. The third-order valence-corrected chi connectivity index (χ3v) is 5.14. The van der Waals surface area contributed by atoms with Crippen LogP contribution >= 0.6 is 11.3 Å². The maximum absolute atomic E-state index is 12.4. The molecule has 128 valence electrons. The highest BCUT2D eigenvalue weighted by Gasteiger charge is 2.24. The zero-order valence-electron chi connectivity index (χ0n) is 14.1. The van der Waals surface area contributed by atoms with Gasteiger partial charge in [-0.05, 0) is 44.2 Å². The number of amides is 2. The fraction of sp³-hybridized carbons (Fsp3) is 0.647. The molecule has 0 saturated carbocycles. The summed E-state index contributed by atoms with van der Waals surface area (Å²) in [6, 6.07) is 2.10. The molecule has 2 rings (SSSR count). The Bertz CT molecular complexity index is 554. The predicted octanol–water partition coefficient (Wildman–Crippen LogP) is 2.03. The van der Waals surface area contributed by atoms with Crippen LogP contribution in [0.3, 0.4) is 0 Å². The predicted molar refractivity (Wildman–Crippen MR) is 91.2 cm³/mol. The van der Waals surface area contributed by atoms with Gasteiger partial charge in [-0.25, -0.2) is 0 Å². The highest BCUT2D eigenvalue weighted by atomic mass is 32.1. The van der Waals surface area contributed by atoms with Crippen LogP contribution in [0.2, 0.25) is 0 Å². The van der Waals surface area contributed by atoms with Gasteiger partial charge in [0.1, 0.15) is 0 Å². The van der Waals surface area contributed by atoms with E-state index in [1.54, 1.807) is 23.2 Å². The zero-order valence-corrected chi connectivity index (χ0v) is 14.9. The number of nitrogens with zero attached hydrogens (tertiary/aromatic N) is 2. The van der Waals surface area contributed by atoms with E-state index in [-0.39, 0.29) is 30.7 Å². The van der Waals surface area contributed by atoms with Crippen molar-refractivity contribution in [3.8, 4) is 0 Å². The molecule has 0 spiro atoms. The summed E-state index contributed by atoms with van der Waals surface area (Å²) in [5.74, 6) is -0.0292. The minimum atomic E-state index is -0.559. The molecule has 1 aliphatic heterocycles. The van der Waals surface area contributed by atoms with Gasteiger partial charge in [0.25, 0.3) is 0 Å². The highest BCUT2D eigenvalue weighted by molar-refractivity contribution is 7.10. The van der Waals surface area contributed by atoms with E-state index in [1.165, 1.54) is 10.4 Å². The number of thiophene rings is 1. The van der Waals surface area contributed by atoms with Gasteiger partial charge < -0.3 is 14.9 Å². The van der Waals surface area contributed by atoms with Gasteiger partial charge in [0, 0.05) is 43.4 Å². The molecule has 2 heterocycles. The average molecular weight is 338 g/mol. The van der Waals surface area contributed by atoms with Crippen LogP contribution in [0.15, 0.2) is 11.4 Å². The first-order chi connectivity index (χ1) is 10.9. The average Bonchev–Trinajstić information content (AvgIpc) is 2.96. The van der Waals surface area contributed by atoms with E-state index in [0.717, 1.165) is 13.0 Å². The summed E-state index contributed by atoms with van der Waals surface area (Å²) in [6.45, 7) is 7.22. The lowest BCUT2D eigenvalue weighted by Crippen LogP contribution is -2.42. The van der Waals surface area contributed by atoms with E-state index in [4.69, 9.17) is 0 Å². The zero-order chi connectivity index (χ0) is 17.0. The summed E-state index contributed by atoms with van der Waals surface area (Å²) < 4.78 is 0. The van der Waals surface area contributed by atoms with Crippen molar-refractivity contribution in [2.75, 3.05) is 13.1 Å². The molecule has 0 fully saturated rings. The summed E-state index contributed by atoms with van der Waals surface area (Å²) >= 11 is 1.75. The van der Waals surface area contributed by atoms with Crippen molar-refractivity contribution in [1.29, 1.82) is 0 Å². The number of carbonyl (C=O) groups excluding carboxylic acids is 2. The molecule has 1 unspecified atom stereocenters. The Morgan fingerprint density at radius 2 is 2.09 bits per heavy atom.